The minimum absolute atomic E-state index is 0.214. The number of carbonyl (C=O) groups excluding carboxylic acids is 1. The third-order valence-electron chi connectivity index (χ3n) is 6.86. The van der Waals surface area contributed by atoms with Crippen LogP contribution in [0.2, 0.25) is 0 Å². The highest BCUT2D eigenvalue weighted by molar-refractivity contribution is 5.98. The fourth-order valence-electron chi connectivity index (χ4n) is 5.14. The molecule has 7 heteroatoms. The number of hydrogen-bond donors (Lipinski definition) is 2. The quantitative estimate of drug-likeness (QED) is 0.809. The van der Waals surface area contributed by atoms with Gasteiger partial charge in [-0.1, -0.05) is 12.1 Å². The molecule has 158 valence electrons. The van der Waals surface area contributed by atoms with Crippen LogP contribution < -0.4 is 11.1 Å². The zero-order valence-corrected chi connectivity index (χ0v) is 17.4. The van der Waals surface area contributed by atoms with Crippen molar-refractivity contribution in [3.63, 3.8) is 0 Å². The fourth-order valence-corrected chi connectivity index (χ4v) is 5.14. The van der Waals surface area contributed by atoms with Gasteiger partial charge < -0.3 is 16.0 Å². The summed E-state index contributed by atoms with van der Waals surface area (Å²) in [6.07, 6.45) is 8.17. The van der Waals surface area contributed by atoms with Crippen molar-refractivity contribution in [1.29, 1.82) is 0 Å². The number of anilines is 1. The van der Waals surface area contributed by atoms with Gasteiger partial charge in [0, 0.05) is 49.2 Å². The Balaban J connectivity index is 1.21. The molecule has 1 aromatic heterocycles. The van der Waals surface area contributed by atoms with E-state index in [4.69, 9.17) is 5.73 Å². The molecule has 0 spiro atoms. The first-order chi connectivity index (χ1) is 14.7. The molecule has 0 aliphatic carbocycles. The molecule has 0 saturated carbocycles. The molecule has 1 amide bonds. The summed E-state index contributed by atoms with van der Waals surface area (Å²) in [7, 11) is 0. The van der Waals surface area contributed by atoms with Gasteiger partial charge in [0.1, 0.15) is 0 Å². The van der Waals surface area contributed by atoms with E-state index in [9.17, 15) is 4.79 Å². The van der Waals surface area contributed by atoms with E-state index >= 15 is 0 Å². The Kier molecular flexibility index (Phi) is 5.39. The second-order valence-corrected chi connectivity index (χ2v) is 8.85. The monoisotopic (exact) mass is 406 g/mol. The number of amides is 1. The van der Waals surface area contributed by atoms with Crippen LogP contribution in [0.4, 0.5) is 5.95 Å². The standard InChI is InChI=1S/C23H30N6O/c24-23-26-11-16(12-27-23)14-28-8-5-17(6-9-28)18-3-4-21-19(10-18)15-29(22(21)30)20-2-1-7-25-13-20/h3-4,10-12,17,20,25H,1-2,5-9,13-15H2,(H2,24,26,27). The first-order valence-corrected chi connectivity index (χ1v) is 11.1. The van der Waals surface area contributed by atoms with Gasteiger partial charge in [-0.05, 0) is 68.4 Å². The lowest BCUT2D eigenvalue weighted by atomic mass is 9.88. The van der Waals surface area contributed by atoms with Gasteiger partial charge in [-0.15, -0.1) is 0 Å². The molecule has 3 aliphatic rings. The molecule has 1 atom stereocenters. The van der Waals surface area contributed by atoms with Crippen LogP contribution in [0.3, 0.4) is 0 Å². The Morgan fingerprint density at radius 1 is 1.13 bits per heavy atom. The van der Waals surface area contributed by atoms with E-state index in [-0.39, 0.29) is 5.91 Å². The maximum atomic E-state index is 12.9. The third-order valence-corrected chi connectivity index (χ3v) is 6.86. The van der Waals surface area contributed by atoms with Crippen LogP contribution in [0, 0.1) is 0 Å². The van der Waals surface area contributed by atoms with Crippen LogP contribution in [0.1, 0.15) is 58.6 Å². The van der Waals surface area contributed by atoms with Crippen molar-refractivity contribution < 1.29 is 4.79 Å². The highest BCUT2D eigenvalue weighted by Gasteiger charge is 2.34. The Bertz CT molecular complexity index is 900. The van der Waals surface area contributed by atoms with Crippen molar-refractivity contribution in [1.82, 2.24) is 25.1 Å². The van der Waals surface area contributed by atoms with Gasteiger partial charge in [-0.3, -0.25) is 9.69 Å². The number of hydrogen-bond acceptors (Lipinski definition) is 6. The van der Waals surface area contributed by atoms with Crippen molar-refractivity contribution in [3.8, 4) is 0 Å². The number of rotatable bonds is 4. The molecule has 1 unspecified atom stereocenters. The summed E-state index contributed by atoms with van der Waals surface area (Å²) >= 11 is 0. The molecule has 4 heterocycles. The zero-order chi connectivity index (χ0) is 20.5. The molecule has 2 fully saturated rings. The topological polar surface area (TPSA) is 87.4 Å². The Labute approximate surface area is 177 Å². The molecule has 3 N–H and O–H groups in total. The minimum atomic E-state index is 0.214. The normalized spacial score (nSPS) is 23.0. The summed E-state index contributed by atoms with van der Waals surface area (Å²) in [6, 6.07) is 6.90. The number of carbonyl (C=O) groups is 1. The zero-order valence-electron chi connectivity index (χ0n) is 17.4. The predicted octanol–water partition coefficient (Wildman–Crippen LogP) is 2.15. The average Bonchev–Trinajstić information content (AvgIpc) is 3.12. The summed E-state index contributed by atoms with van der Waals surface area (Å²) in [5.74, 6) is 1.10. The van der Waals surface area contributed by atoms with E-state index in [0.29, 0.717) is 17.9 Å². The van der Waals surface area contributed by atoms with Crippen molar-refractivity contribution in [2.24, 2.45) is 0 Å². The smallest absolute Gasteiger partial charge is 0.254 e. The van der Waals surface area contributed by atoms with Gasteiger partial charge in [0.25, 0.3) is 5.91 Å². The number of likely N-dealkylation sites (tertiary alicyclic amines) is 1. The maximum absolute atomic E-state index is 12.9. The van der Waals surface area contributed by atoms with Crippen molar-refractivity contribution in [3.05, 3.63) is 52.8 Å². The van der Waals surface area contributed by atoms with Crippen LogP contribution in [-0.4, -0.2) is 57.9 Å². The molecular weight excluding hydrogens is 376 g/mol. The Hall–Kier alpha value is -2.51. The highest BCUT2D eigenvalue weighted by Crippen LogP contribution is 2.33. The van der Waals surface area contributed by atoms with Crippen LogP contribution in [0.25, 0.3) is 0 Å². The molecule has 7 nitrogen and oxygen atoms in total. The predicted molar refractivity (Wildman–Crippen MR) is 116 cm³/mol. The molecular formula is C23H30N6O. The van der Waals surface area contributed by atoms with Gasteiger partial charge in [0.2, 0.25) is 5.95 Å². The van der Waals surface area contributed by atoms with Gasteiger partial charge >= 0.3 is 0 Å². The van der Waals surface area contributed by atoms with Gasteiger partial charge in [-0.2, -0.15) is 0 Å². The molecule has 0 radical (unpaired) electrons. The number of benzene rings is 1. The lowest BCUT2D eigenvalue weighted by Crippen LogP contribution is -2.46. The minimum Gasteiger partial charge on any atom is -0.368 e. The van der Waals surface area contributed by atoms with Crippen LogP contribution in [-0.2, 0) is 13.1 Å². The molecule has 3 aliphatic heterocycles. The summed E-state index contributed by atoms with van der Waals surface area (Å²) < 4.78 is 0. The molecule has 30 heavy (non-hydrogen) atoms. The average molecular weight is 407 g/mol. The van der Waals surface area contributed by atoms with E-state index in [1.807, 2.05) is 12.4 Å². The second-order valence-electron chi connectivity index (χ2n) is 8.85. The number of aromatic nitrogens is 2. The SMILES string of the molecule is Nc1ncc(CN2CCC(c3ccc4c(c3)CN(C3CCCNC3)C4=O)CC2)cn1. The molecule has 2 saturated heterocycles. The van der Waals surface area contributed by atoms with Crippen molar-refractivity contribution in [2.45, 2.75) is 50.7 Å². The largest absolute Gasteiger partial charge is 0.368 e. The van der Waals surface area contributed by atoms with Gasteiger partial charge in [-0.25, -0.2) is 9.97 Å². The Morgan fingerprint density at radius 3 is 2.67 bits per heavy atom. The Morgan fingerprint density at radius 2 is 1.93 bits per heavy atom. The van der Waals surface area contributed by atoms with E-state index in [1.54, 1.807) is 0 Å². The van der Waals surface area contributed by atoms with Gasteiger partial charge in [0.05, 0.1) is 0 Å². The molecule has 0 bridgehead atoms. The van der Waals surface area contributed by atoms with Crippen LogP contribution in [0.15, 0.2) is 30.6 Å². The molecule has 2 aromatic rings. The summed E-state index contributed by atoms with van der Waals surface area (Å²) in [4.78, 5) is 25.6. The number of nitrogens with zero attached hydrogens (tertiary/aromatic N) is 4. The first kappa shape index (κ1) is 19.5. The molecule has 5 rings (SSSR count). The first-order valence-electron chi connectivity index (χ1n) is 11.1. The number of fused-ring (bicyclic) bond motifs is 1. The van der Waals surface area contributed by atoms with Crippen LogP contribution >= 0.6 is 0 Å². The fraction of sp³-hybridized carbons (Fsp3) is 0.522. The number of nitrogens with two attached hydrogens (primary N) is 1. The summed E-state index contributed by atoms with van der Waals surface area (Å²) in [5.41, 5.74) is 10.2. The van der Waals surface area contributed by atoms with Crippen molar-refractivity contribution in [2.75, 3.05) is 31.9 Å². The van der Waals surface area contributed by atoms with E-state index in [2.05, 4.69) is 43.3 Å². The molecule has 1 aromatic carbocycles. The lowest BCUT2D eigenvalue weighted by Gasteiger charge is -2.32. The number of piperidine rings is 2. The van der Waals surface area contributed by atoms with Crippen molar-refractivity contribution >= 4 is 11.9 Å². The number of nitrogens with one attached hydrogen (secondary N) is 1. The maximum Gasteiger partial charge on any atom is 0.254 e. The summed E-state index contributed by atoms with van der Waals surface area (Å²) in [5, 5.41) is 3.43. The highest BCUT2D eigenvalue weighted by atomic mass is 16.2. The lowest BCUT2D eigenvalue weighted by molar-refractivity contribution is 0.0674. The van der Waals surface area contributed by atoms with Crippen LogP contribution in [0.5, 0.6) is 0 Å². The second kappa shape index (κ2) is 8.32. The van der Waals surface area contributed by atoms with E-state index < -0.39 is 0 Å². The summed E-state index contributed by atoms with van der Waals surface area (Å²) in [6.45, 7) is 5.75. The van der Waals surface area contributed by atoms with E-state index in [0.717, 1.165) is 76.1 Å². The number of nitrogen functional groups attached to an aromatic ring is 1. The van der Waals surface area contributed by atoms with E-state index in [1.165, 1.54) is 11.1 Å². The third kappa shape index (κ3) is 3.91. The van der Waals surface area contributed by atoms with Gasteiger partial charge in [0.15, 0.2) is 0 Å².